The Hall–Kier alpha value is -3.35. The summed E-state index contributed by atoms with van der Waals surface area (Å²) in [5.41, 5.74) is 2.48. The Morgan fingerprint density at radius 3 is 2.55 bits per heavy atom. The second kappa shape index (κ2) is 7.95. The summed E-state index contributed by atoms with van der Waals surface area (Å²) in [6, 6.07) is 10.8. The average molecular weight is 398 g/mol. The summed E-state index contributed by atoms with van der Waals surface area (Å²) in [5, 5.41) is 2.64. The van der Waals surface area contributed by atoms with E-state index < -0.39 is 35.3 Å². The number of halogens is 3. The highest BCUT2D eigenvalue weighted by atomic mass is 19.1. The maximum absolute atomic E-state index is 13.7. The molecule has 1 aliphatic rings. The van der Waals surface area contributed by atoms with Crippen molar-refractivity contribution in [3.63, 3.8) is 0 Å². The molecule has 148 valence electrons. The highest BCUT2D eigenvalue weighted by Crippen LogP contribution is 2.38. The van der Waals surface area contributed by atoms with Crippen LogP contribution in [0.4, 0.5) is 13.2 Å². The molecule has 1 amide bonds. The number of nitrogens with one attached hydrogen (secondary N) is 1. The van der Waals surface area contributed by atoms with Gasteiger partial charge in [-0.2, -0.15) is 0 Å². The molecule has 0 saturated heterocycles. The topological polar surface area (TPSA) is 51.2 Å². The predicted molar refractivity (Wildman–Crippen MR) is 101 cm³/mol. The fraction of sp³-hybridized carbons (Fsp3) is 0.182. The first-order valence-corrected chi connectivity index (χ1v) is 9.10. The minimum absolute atomic E-state index is 0.188. The Morgan fingerprint density at radius 1 is 1.10 bits per heavy atom. The Morgan fingerprint density at radius 2 is 1.83 bits per heavy atom. The van der Waals surface area contributed by atoms with Crippen LogP contribution >= 0.6 is 0 Å². The van der Waals surface area contributed by atoms with Crippen LogP contribution in [0.15, 0.2) is 54.9 Å². The number of nitrogens with zero attached hydrogens (tertiary/aromatic N) is 1. The van der Waals surface area contributed by atoms with E-state index in [1.54, 1.807) is 12.4 Å². The summed E-state index contributed by atoms with van der Waals surface area (Å²) >= 11 is 0. The van der Waals surface area contributed by atoms with Crippen LogP contribution < -0.4 is 10.1 Å². The molecule has 4 rings (SSSR count). The molecule has 3 aromatic rings. The molecule has 0 bridgehead atoms. The average Bonchev–Trinajstić information content (AvgIpc) is 3.13. The summed E-state index contributed by atoms with van der Waals surface area (Å²) in [5.74, 6) is -2.99. The molecule has 1 N–H and O–H groups in total. The van der Waals surface area contributed by atoms with Gasteiger partial charge in [-0.1, -0.05) is 18.2 Å². The summed E-state index contributed by atoms with van der Waals surface area (Å²) in [6.07, 6.45) is 3.21. The normalized spacial score (nSPS) is 14.9. The van der Waals surface area contributed by atoms with Gasteiger partial charge in [0.05, 0.1) is 13.0 Å². The molecule has 0 spiro atoms. The minimum Gasteiger partial charge on any atom is -0.487 e. The lowest BCUT2D eigenvalue weighted by Crippen LogP contribution is -2.35. The lowest BCUT2D eigenvalue weighted by atomic mass is 10.0. The van der Waals surface area contributed by atoms with E-state index in [1.165, 1.54) is 0 Å². The van der Waals surface area contributed by atoms with Crippen molar-refractivity contribution in [2.24, 2.45) is 0 Å². The van der Waals surface area contributed by atoms with Crippen molar-refractivity contribution in [1.82, 2.24) is 10.3 Å². The maximum atomic E-state index is 13.7. The molecule has 7 heteroatoms. The summed E-state index contributed by atoms with van der Waals surface area (Å²) < 4.78 is 46.4. The molecule has 0 aliphatic carbocycles. The first-order valence-electron chi connectivity index (χ1n) is 9.10. The van der Waals surface area contributed by atoms with Crippen LogP contribution in [0.1, 0.15) is 11.1 Å². The maximum Gasteiger partial charge on any atom is 0.224 e. The van der Waals surface area contributed by atoms with Crippen LogP contribution in [0.25, 0.3) is 11.1 Å². The number of amides is 1. The van der Waals surface area contributed by atoms with Gasteiger partial charge in [0, 0.05) is 42.1 Å². The molecule has 0 radical (unpaired) electrons. The zero-order valence-electron chi connectivity index (χ0n) is 15.3. The molecule has 1 aromatic heterocycles. The Balaban J connectivity index is 1.40. The number of para-hydroxylation sites is 1. The Bertz CT molecular complexity index is 1030. The second-order valence-electron chi connectivity index (χ2n) is 6.80. The van der Waals surface area contributed by atoms with E-state index in [2.05, 4.69) is 10.3 Å². The van der Waals surface area contributed by atoms with Crippen molar-refractivity contribution in [1.29, 1.82) is 0 Å². The molecule has 0 saturated carbocycles. The first kappa shape index (κ1) is 19.0. The number of carbonyl (C=O) groups excluding carboxylic acids is 1. The number of carbonyl (C=O) groups is 1. The van der Waals surface area contributed by atoms with Gasteiger partial charge in [0.1, 0.15) is 29.3 Å². The van der Waals surface area contributed by atoms with Gasteiger partial charge >= 0.3 is 0 Å². The molecule has 1 aliphatic heterocycles. The number of ether oxygens (including phenoxy) is 1. The molecular formula is C22H17F3N2O2. The van der Waals surface area contributed by atoms with E-state index in [4.69, 9.17) is 4.74 Å². The van der Waals surface area contributed by atoms with Gasteiger partial charge in [0.25, 0.3) is 0 Å². The lowest BCUT2D eigenvalue weighted by Gasteiger charge is -2.14. The van der Waals surface area contributed by atoms with Crippen molar-refractivity contribution in [3.05, 3.63) is 83.4 Å². The highest BCUT2D eigenvalue weighted by Gasteiger charge is 2.26. The molecule has 0 unspecified atom stereocenters. The molecule has 2 aromatic carbocycles. The van der Waals surface area contributed by atoms with Crippen LogP contribution in [0.5, 0.6) is 5.75 Å². The van der Waals surface area contributed by atoms with Crippen LogP contribution in [0.3, 0.4) is 0 Å². The first-order chi connectivity index (χ1) is 14.0. The van der Waals surface area contributed by atoms with Gasteiger partial charge in [-0.3, -0.25) is 9.78 Å². The molecule has 0 fully saturated rings. The monoisotopic (exact) mass is 398 g/mol. The highest BCUT2D eigenvalue weighted by molar-refractivity contribution is 5.79. The van der Waals surface area contributed by atoms with Crippen molar-refractivity contribution >= 4 is 5.91 Å². The third-order valence-electron chi connectivity index (χ3n) is 4.79. The Labute approximate surface area is 165 Å². The summed E-state index contributed by atoms with van der Waals surface area (Å²) in [7, 11) is 0. The number of benzene rings is 2. The van der Waals surface area contributed by atoms with Crippen molar-refractivity contribution < 1.29 is 22.7 Å². The number of rotatable bonds is 5. The molecule has 29 heavy (non-hydrogen) atoms. The molecule has 1 atom stereocenters. The van der Waals surface area contributed by atoms with Gasteiger partial charge in [-0.15, -0.1) is 0 Å². The van der Waals surface area contributed by atoms with E-state index in [1.807, 2.05) is 30.3 Å². The van der Waals surface area contributed by atoms with Gasteiger partial charge in [0.15, 0.2) is 0 Å². The summed E-state index contributed by atoms with van der Waals surface area (Å²) in [6.45, 7) is 0.188. The van der Waals surface area contributed by atoms with Crippen molar-refractivity contribution in [2.75, 3.05) is 6.54 Å². The Kier molecular flexibility index (Phi) is 5.20. The van der Waals surface area contributed by atoms with E-state index in [0.29, 0.717) is 18.6 Å². The smallest absolute Gasteiger partial charge is 0.224 e. The number of fused-ring (bicyclic) bond motifs is 1. The molecule has 2 heterocycles. The SMILES string of the molecule is O=C(Cc1c(F)cc(F)cc1F)NC[C@H]1Cc2cccc(-c3ccncc3)c2O1. The second-order valence-corrected chi connectivity index (χ2v) is 6.80. The van der Waals surface area contributed by atoms with Gasteiger partial charge < -0.3 is 10.1 Å². The largest absolute Gasteiger partial charge is 0.487 e. The van der Waals surface area contributed by atoms with Crippen LogP contribution in [-0.4, -0.2) is 23.5 Å². The predicted octanol–water partition coefficient (Wildman–Crippen LogP) is 3.83. The molecular weight excluding hydrogens is 381 g/mol. The minimum atomic E-state index is -1.08. The van der Waals surface area contributed by atoms with E-state index in [-0.39, 0.29) is 12.6 Å². The number of aromatic nitrogens is 1. The van der Waals surface area contributed by atoms with Gasteiger partial charge in [-0.25, -0.2) is 13.2 Å². The van der Waals surface area contributed by atoms with Crippen molar-refractivity contribution in [3.8, 4) is 16.9 Å². The number of pyridine rings is 1. The lowest BCUT2D eigenvalue weighted by molar-refractivity contribution is -0.120. The molecule has 4 nitrogen and oxygen atoms in total. The fourth-order valence-electron chi connectivity index (χ4n) is 3.40. The zero-order chi connectivity index (χ0) is 20.4. The fourth-order valence-corrected chi connectivity index (χ4v) is 3.40. The van der Waals surface area contributed by atoms with Crippen molar-refractivity contribution in [2.45, 2.75) is 18.9 Å². The van der Waals surface area contributed by atoms with Crippen LogP contribution in [0, 0.1) is 17.5 Å². The van der Waals surface area contributed by atoms with E-state index in [9.17, 15) is 18.0 Å². The quantitative estimate of drug-likeness (QED) is 0.711. The summed E-state index contributed by atoms with van der Waals surface area (Å²) in [4.78, 5) is 16.1. The van der Waals surface area contributed by atoms with Gasteiger partial charge in [-0.05, 0) is 23.3 Å². The van der Waals surface area contributed by atoms with Crippen LogP contribution in [-0.2, 0) is 17.6 Å². The van der Waals surface area contributed by atoms with Gasteiger partial charge in [0.2, 0.25) is 5.91 Å². The standard InChI is InChI=1S/C22H17F3N2O2/c23-15-9-19(24)18(20(25)10-15)11-21(28)27-12-16-8-14-2-1-3-17(22(14)29-16)13-4-6-26-7-5-13/h1-7,9-10,16H,8,11-12H2,(H,27,28)/t16-/m1/s1. The third kappa shape index (κ3) is 4.08. The zero-order valence-corrected chi connectivity index (χ0v) is 15.3. The van der Waals surface area contributed by atoms with E-state index in [0.717, 1.165) is 22.4 Å². The third-order valence-corrected chi connectivity index (χ3v) is 4.79. The van der Waals surface area contributed by atoms with Crippen LogP contribution in [0.2, 0.25) is 0 Å². The number of hydrogen-bond donors (Lipinski definition) is 1. The number of hydrogen-bond acceptors (Lipinski definition) is 3. The van der Waals surface area contributed by atoms with E-state index >= 15 is 0 Å².